The van der Waals surface area contributed by atoms with E-state index in [-0.39, 0.29) is 11.3 Å². The summed E-state index contributed by atoms with van der Waals surface area (Å²) in [5.41, 5.74) is -4.35. The number of halogens is 4. The van der Waals surface area contributed by atoms with Crippen molar-refractivity contribution in [2.45, 2.75) is 11.8 Å². The number of esters is 1. The van der Waals surface area contributed by atoms with Crippen LogP contribution in [0, 0.1) is 5.82 Å². The number of methoxy groups -OCH3 is 1. The average Bonchev–Trinajstić information content (AvgIpc) is 2.60. The third-order valence-corrected chi connectivity index (χ3v) is 3.56. The van der Waals surface area contributed by atoms with Crippen LogP contribution in [0.25, 0.3) is 0 Å². The summed E-state index contributed by atoms with van der Waals surface area (Å²) in [7, 11) is 0.719. The highest BCUT2D eigenvalue weighted by Gasteiger charge is 2.62. The fourth-order valence-electron chi connectivity index (χ4n) is 2.14. The standard InChI is InChI=1S/C17H13F4NO4/c1-26-15(24)16(25,17(19,20)21)11-4-8-13(9-5-11)22-14(23)10-2-6-12(18)7-3-10/h2-9,25H,1H3,(H,22,23)/t16-/m0/s1. The van der Waals surface area contributed by atoms with Crippen molar-refractivity contribution in [3.05, 3.63) is 65.5 Å². The maximum atomic E-state index is 13.1. The lowest BCUT2D eigenvalue weighted by molar-refractivity contribution is -0.266. The second-order valence-electron chi connectivity index (χ2n) is 5.24. The summed E-state index contributed by atoms with van der Waals surface area (Å²) in [5.74, 6) is -3.02. The Hall–Kier alpha value is -2.94. The van der Waals surface area contributed by atoms with Gasteiger partial charge in [-0.15, -0.1) is 0 Å². The van der Waals surface area contributed by atoms with Gasteiger partial charge in [-0.05, 0) is 36.4 Å². The Labute approximate surface area is 145 Å². The van der Waals surface area contributed by atoms with Gasteiger partial charge in [-0.1, -0.05) is 12.1 Å². The molecule has 2 aromatic rings. The van der Waals surface area contributed by atoms with Crippen molar-refractivity contribution in [3.8, 4) is 0 Å². The summed E-state index contributed by atoms with van der Waals surface area (Å²) < 4.78 is 56.3. The molecule has 0 aliphatic carbocycles. The summed E-state index contributed by atoms with van der Waals surface area (Å²) in [6, 6.07) is 8.47. The van der Waals surface area contributed by atoms with Crippen molar-refractivity contribution in [2.24, 2.45) is 0 Å². The third kappa shape index (κ3) is 3.67. The molecule has 0 saturated carbocycles. The quantitative estimate of drug-likeness (QED) is 0.640. The largest absolute Gasteiger partial charge is 0.466 e. The number of benzene rings is 2. The third-order valence-electron chi connectivity index (χ3n) is 3.56. The summed E-state index contributed by atoms with van der Waals surface area (Å²) in [4.78, 5) is 23.4. The molecule has 1 amide bonds. The lowest BCUT2D eigenvalue weighted by Gasteiger charge is -2.28. The lowest BCUT2D eigenvalue weighted by atomic mass is 9.93. The van der Waals surface area contributed by atoms with Crippen molar-refractivity contribution in [1.29, 1.82) is 0 Å². The van der Waals surface area contributed by atoms with Crippen molar-refractivity contribution >= 4 is 17.6 Å². The Morgan fingerprint density at radius 1 is 1.00 bits per heavy atom. The van der Waals surface area contributed by atoms with Gasteiger partial charge in [-0.2, -0.15) is 13.2 Å². The fourth-order valence-corrected chi connectivity index (χ4v) is 2.14. The van der Waals surface area contributed by atoms with Crippen molar-refractivity contribution in [3.63, 3.8) is 0 Å². The van der Waals surface area contributed by atoms with Gasteiger partial charge in [0.15, 0.2) is 0 Å². The van der Waals surface area contributed by atoms with Crippen LogP contribution in [0.1, 0.15) is 15.9 Å². The average molecular weight is 371 g/mol. The zero-order valence-corrected chi connectivity index (χ0v) is 13.3. The van der Waals surface area contributed by atoms with Crippen molar-refractivity contribution in [1.82, 2.24) is 0 Å². The zero-order chi connectivity index (χ0) is 19.5. The highest BCUT2D eigenvalue weighted by Crippen LogP contribution is 2.40. The van der Waals surface area contributed by atoms with Gasteiger partial charge >= 0.3 is 12.1 Å². The number of hydrogen-bond donors (Lipinski definition) is 2. The molecular formula is C17H13F4NO4. The minimum Gasteiger partial charge on any atom is -0.466 e. The molecule has 5 nitrogen and oxygen atoms in total. The Bertz CT molecular complexity index is 803. The molecule has 0 radical (unpaired) electrons. The minimum atomic E-state index is -5.31. The molecular weight excluding hydrogens is 358 g/mol. The van der Waals surface area contributed by atoms with Crippen LogP contribution in [-0.2, 0) is 15.1 Å². The number of alkyl halides is 3. The van der Waals surface area contributed by atoms with Crippen LogP contribution in [0.5, 0.6) is 0 Å². The van der Waals surface area contributed by atoms with Gasteiger partial charge < -0.3 is 15.2 Å². The molecule has 1 atom stereocenters. The first-order valence-corrected chi connectivity index (χ1v) is 7.14. The Morgan fingerprint density at radius 3 is 2.00 bits per heavy atom. The predicted octanol–water partition coefficient (Wildman–Crippen LogP) is 3.00. The van der Waals surface area contributed by atoms with Gasteiger partial charge in [-0.25, -0.2) is 9.18 Å². The van der Waals surface area contributed by atoms with Gasteiger partial charge in [0.05, 0.1) is 7.11 Å². The fraction of sp³-hybridized carbons (Fsp3) is 0.176. The Kier molecular flexibility index (Phi) is 5.31. The van der Waals surface area contributed by atoms with E-state index in [2.05, 4.69) is 10.1 Å². The Morgan fingerprint density at radius 2 is 1.54 bits per heavy atom. The number of rotatable bonds is 4. The number of carbonyl (C=O) groups is 2. The number of anilines is 1. The number of hydrogen-bond acceptors (Lipinski definition) is 4. The zero-order valence-electron chi connectivity index (χ0n) is 13.3. The van der Waals surface area contributed by atoms with Crippen LogP contribution in [-0.4, -0.2) is 30.3 Å². The number of ether oxygens (including phenoxy) is 1. The van der Waals surface area contributed by atoms with E-state index in [0.29, 0.717) is 0 Å². The first kappa shape index (κ1) is 19.4. The van der Waals surface area contributed by atoms with Gasteiger partial charge in [0, 0.05) is 16.8 Å². The molecule has 9 heteroatoms. The monoisotopic (exact) mass is 371 g/mol. The van der Waals surface area contributed by atoms with E-state index in [9.17, 15) is 32.3 Å². The maximum absolute atomic E-state index is 13.1. The van der Waals surface area contributed by atoms with Crippen LogP contribution in [0.4, 0.5) is 23.2 Å². The molecule has 0 aromatic heterocycles. The summed E-state index contributed by atoms with van der Waals surface area (Å²) in [6.45, 7) is 0. The first-order valence-electron chi connectivity index (χ1n) is 7.14. The molecule has 0 spiro atoms. The van der Waals surface area contributed by atoms with Gasteiger partial charge in [-0.3, -0.25) is 4.79 Å². The molecule has 138 valence electrons. The van der Waals surface area contributed by atoms with Gasteiger partial charge in [0.2, 0.25) is 0 Å². The molecule has 0 aliphatic rings. The van der Waals surface area contributed by atoms with E-state index in [0.717, 1.165) is 43.5 Å². The highest BCUT2D eigenvalue weighted by molar-refractivity contribution is 6.04. The number of nitrogens with one attached hydrogen (secondary N) is 1. The second-order valence-corrected chi connectivity index (χ2v) is 5.24. The lowest BCUT2D eigenvalue weighted by Crippen LogP contribution is -2.49. The minimum absolute atomic E-state index is 0.109. The second kappa shape index (κ2) is 7.12. The normalized spacial score (nSPS) is 13.6. The van der Waals surface area contributed by atoms with E-state index in [1.165, 1.54) is 12.1 Å². The molecule has 0 aliphatic heterocycles. The SMILES string of the molecule is COC(=O)[C@@](O)(c1ccc(NC(=O)c2ccc(F)cc2)cc1)C(F)(F)F. The summed E-state index contributed by atoms with van der Waals surface area (Å²) in [5, 5.41) is 12.2. The molecule has 0 heterocycles. The molecule has 0 bridgehead atoms. The van der Waals surface area contributed by atoms with Crippen LogP contribution in [0.2, 0.25) is 0 Å². The summed E-state index contributed by atoms with van der Waals surface area (Å²) in [6.07, 6.45) is -5.31. The first-order chi connectivity index (χ1) is 12.1. The van der Waals surface area contributed by atoms with Crippen LogP contribution < -0.4 is 5.32 Å². The van der Waals surface area contributed by atoms with Crippen LogP contribution >= 0.6 is 0 Å². The smallest absolute Gasteiger partial charge is 0.432 e. The van der Waals surface area contributed by atoms with E-state index in [4.69, 9.17) is 0 Å². The number of carbonyl (C=O) groups excluding carboxylic acids is 2. The summed E-state index contributed by atoms with van der Waals surface area (Å²) >= 11 is 0. The molecule has 2 aromatic carbocycles. The van der Waals surface area contributed by atoms with E-state index >= 15 is 0 Å². The predicted molar refractivity (Wildman–Crippen MR) is 82.8 cm³/mol. The molecule has 0 fully saturated rings. The van der Waals surface area contributed by atoms with E-state index in [1.807, 2.05) is 0 Å². The van der Waals surface area contributed by atoms with E-state index < -0.39 is 35.0 Å². The maximum Gasteiger partial charge on any atom is 0.432 e. The van der Waals surface area contributed by atoms with Crippen LogP contribution in [0.15, 0.2) is 48.5 Å². The molecule has 0 unspecified atom stereocenters. The molecule has 26 heavy (non-hydrogen) atoms. The van der Waals surface area contributed by atoms with Crippen LogP contribution in [0.3, 0.4) is 0 Å². The van der Waals surface area contributed by atoms with Crippen molar-refractivity contribution < 1.29 is 37.0 Å². The van der Waals surface area contributed by atoms with Crippen molar-refractivity contribution in [2.75, 3.05) is 12.4 Å². The van der Waals surface area contributed by atoms with E-state index in [1.54, 1.807) is 0 Å². The number of aliphatic hydroxyl groups is 1. The topological polar surface area (TPSA) is 75.6 Å². The molecule has 2 rings (SSSR count). The Balaban J connectivity index is 2.25. The number of amides is 1. The molecule has 0 saturated heterocycles. The van der Waals surface area contributed by atoms with Gasteiger partial charge in [0.25, 0.3) is 11.5 Å². The molecule has 2 N–H and O–H groups in total. The van der Waals surface area contributed by atoms with Gasteiger partial charge in [0.1, 0.15) is 5.82 Å². The highest BCUT2D eigenvalue weighted by atomic mass is 19.4.